The number of carbonyl (C=O) groups excluding carboxylic acids is 3. The number of hydrogen-bond donors (Lipinski definition) is 3. The van der Waals surface area contributed by atoms with Gasteiger partial charge in [-0.15, -0.1) is 0 Å². The number of para-hydroxylation sites is 1. The van der Waals surface area contributed by atoms with E-state index in [4.69, 9.17) is 23.5 Å². The van der Waals surface area contributed by atoms with E-state index in [9.17, 15) is 23.1 Å². The van der Waals surface area contributed by atoms with Gasteiger partial charge in [0.1, 0.15) is 11.2 Å². The minimum Gasteiger partial charge on any atom is -0.496 e. The molecule has 4 fully saturated rings. The Balaban J connectivity index is 0.000000834. The number of aliphatic hydroxyl groups is 1. The highest BCUT2D eigenvalue weighted by atomic mass is 32.3. The smallest absolute Gasteiger partial charge is 0.397 e. The highest BCUT2D eigenvalue weighted by Gasteiger charge is 2.80. The maximum absolute atomic E-state index is 15.4. The van der Waals surface area contributed by atoms with Gasteiger partial charge in [-0.3, -0.25) is 23.2 Å². The number of H-pyrrole nitrogens is 1. The molecule has 0 amide bonds. The number of nitrogens with zero attached hydrogens (tertiary/aromatic N) is 3. The lowest BCUT2D eigenvalue weighted by Crippen LogP contribution is -2.81. The van der Waals surface area contributed by atoms with Gasteiger partial charge < -0.3 is 38.8 Å². The first-order valence-corrected chi connectivity index (χ1v) is 24.2. The van der Waals surface area contributed by atoms with Crippen LogP contribution in [-0.2, 0) is 60.4 Å². The number of nitrogens with one attached hydrogen (secondary N) is 1. The Labute approximate surface area is 380 Å². The molecule has 2 aromatic carbocycles. The van der Waals surface area contributed by atoms with Crippen molar-refractivity contribution in [3.05, 3.63) is 70.9 Å². The fourth-order valence-corrected chi connectivity index (χ4v) is 14.6. The molecule has 1 spiro atoms. The van der Waals surface area contributed by atoms with Crippen molar-refractivity contribution in [2.24, 2.45) is 23.2 Å². The summed E-state index contributed by atoms with van der Waals surface area (Å²) in [6, 6.07) is 11.4. The number of anilines is 1. The standard InChI is InChI=1S/C47H58N4O8.CH4O4S/c1-7-44-17-11-19-51-21-18-45(39(44)51)33-22-34(37(56-4)23-36(33)49(3)40(45)47(55,43(54)58-6)41(44)59-27(2)52)46(42(53)57-5)24-29-26-50(25-28-12-10-14-30(28)29)20-16-32-31-13-8-9-15-35(31)48-38(32)46;1-5-6(2,3)4/h8-9,11,13,15,17,22-23,28-30,39-41,48,55H,7,10,12,14,16,18-21,24-26H2,1-6H3;1H3,(H,2,3,4)/t28-,29-,30-,39+,40?,41+,44+,45+,46-,47+;/m0./s1. The van der Waals surface area contributed by atoms with Crippen molar-refractivity contribution in [2.75, 3.05) is 73.1 Å². The molecule has 6 heterocycles. The molecule has 3 aromatic rings. The Morgan fingerprint density at radius 1 is 0.954 bits per heavy atom. The number of hydrogen-bond acceptors (Lipinski definition) is 14. The van der Waals surface area contributed by atoms with E-state index in [1.54, 1.807) is 7.11 Å². The van der Waals surface area contributed by atoms with Crippen LogP contribution in [0.25, 0.3) is 10.9 Å². The second-order valence-corrected chi connectivity index (χ2v) is 20.5. The highest BCUT2D eigenvalue weighted by Crippen LogP contribution is 2.68. The number of carbonyl (C=O) groups is 3. The van der Waals surface area contributed by atoms with Crippen LogP contribution in [0.4, 0.5) is 5.69 Å². The average molecular weight is 919 g/mol. The Bertz CT molecular complexity index is 2550. The van der Waals surface area contributed by atoms with Crippen molar-refractivity contribution < 1.29 is 55.6 Å². The third-order valence-electron chi connectivity index (χ3n) is 16.7. The monoisotopic (exact) mass is 918 g/mol. The van der Waals surface area contributed by atoms with Crippen molar-refractivity contribution in [3.8, 4) is 5.75 Å². The van der Waals surface area contributed by atoms with E-state index in [-0.39, 0.29) is 17.9 Å². The van der Waals surface area contributed by atoms with Gasteiger partial charge in [0.05, 0.1) is 34.5 Å². The summed E-state index contributed by atoms with van der Waals surface area (Å²) in [6.45, 7) is 7.65. The molecule has 3 N–H and O–H groups in total. The van der Waals surface area contributed by atoms with Crippen molar-refractivity contribution in [1.82, 2.24) is 14.8 Å². The number of likely N-dealkylation sites (N-methyl/N-ethyl adjacent to an activating group) is 1. The molecule has 2 saturated heterocycles. The topological polar surface area (TPSA) is 197 Å². The van der Waals surface area contributed by atoms with Crippen LogP contribution in [0.1, 0.15) is 74.8 Å². The SMILES string of the molecule is CC[C@]12C=CCN3CC[C@@]4(c5cc([C@@]6(C(=O)OC)C[C@H]7CN(CCc8c6[nH]c6ccccc86)C[C@@H]6CCC[C@H]76)c(OC)cc5N(C)C4[C@](O)(C(=O)OC)[C@@H]1OC(C)=O)[C@H]32.COS(=O)(=O)O. The fraction of sp³-hybridized carbons (Fsp3) is 0.604. The predicted octanol–water partition coefficient (Wildman–Crippen LogP) is 4.31. The van der Waals surface area contributed by atoms with Gasteiger partial charge in [0, 0.05) is 90.9 Å². The Morgan fingerprint density at radius 3 is 2.35 bits per heavy atom. The normalized spacial score (nSPS) is 35.5. The van der Waals surface area contributed by atoms with Crippen LogP contribution in [0.15, 0.2) is 48.6 Å². The molecular weight excluding hydrogens is 857 g/mol. The number of aromatic amines is 1. The first-order valence-electron chi connectivity index (χ1n) is 22.8. The molecule has 352 valence electrons. The number of ether oxygens (including phenoxy) is 4. The number of aromatic nitrogens is 1. The lowest BCUT2D eigenvalue weighted by atomic mass is 9.47. The summed E-state index contributed by atoms with van der Waals surface area (Å²) < 4.78 is 53.9. The Hall–Kier alpha value is -4.52. The fourth-order valence-electron chi connectivity index (χ4n) is 14.6. The molecule has 2 aliphatic carbocycles. The van der Waals surface area contributed by atoms with E-state index in [1.165, 1.54) is 34.0 Å². The Kier molecular flexibility index (Phi) is 11.5. The molecule has 16 nitrogen and oxygen atoms in total. The third-order valence-corrected chi connectivity index (χ3v) is 17.2. The molecule has 7 aliphatic rings. The molecule has 17 heteroatoms. The summed E-state index contributed by atoms with van der Waals surface area (Å²) in [7, 11) is 3.04. The quantitative estimate of drug-likeness (QED) is 0.131. The van der Waals surface area contributed by atoms with E-state index in [1.807, 2.05) is 31.0 Å². The van der Waals surface area contributed by atoms with Gasteiger partial charge in [0.15, 0.2) is 6.10 Å². The van der Waals surface area contributed by atoms with Crippen molar-refractivity contribution in [3.63, 3.8) is 0 Å². The highest BCUT2D eigenvalue weighted by molar-refractivity contribution is 7.80. The van der Waals surface area contributed by atoms with Gasteiger partial charge in [-0.1, -0.05) is 43.7 Å². The van der Waals surface area contributed by atoms with Gasteiger partial charge in [-0.2, -0.15) is 8.42 Å². The molecular formula is C48H62N4O12S. The molecule has 5 aliphatic heterocycles. The van der Waals surface area contributed by atoms with Crippen LogP contribution in [0.2, 0.25) is 0 Å². The molecule has 0 radical (unpaired) electrons. The largest absolute Gasteiger partial charge is 0.496 e. The summed E-state index contributed by atoms with van der Waals surface area (Å²) >= 11 is 0. The zero-order valence-corrected chi connectivity index (χ0v) is 39.1. The molecule has 1 aromatic heterocycles. The van der Waals surface area contributed by atoms with Crippen LogP contribution in [-0.4, -0.2) is 143 Å². The first-order chi connectivity index (χ1) is 31.0. The molecule has 2 unspecified atom stereocenters. The zero-order valence-electron chi connectivity index (χ0n) is 38.3. The lowest BCUT2D eigenvalue weighted by Gasteiger charge is -2.63. The molecule has 65 heavy (non-hydrogen) atoms. The number of benzene rings is 2. The van der Waals surface area contributed by atoms with Crippen LogP contribution >= 0.6 is 0 Å². The first kappa shape index (κ1) is 45.6. The van der Waals surface area contributed by atoms with Crippen LogP contribution in [0.3, 0.4) is 0 Å². The summed E-state index contributed by atoms with van der Waals surface area (Å²) in [5.41, 5.74) is 0.0488. The number of esters is 3. The van der Waals surface area contributed by atoms with Gasteiger partial charge in [-0.25, -0.2) is 4.79 Å². The second kappa shape index (κ2) is 16.4. The van der Waals surface area contributed by atoms with Gasteiger partial charge >= 0.3 is 28.3 Å². The summed E-state index contributed by atoms with van der Waals surface area (Å²) in [6.07, 6.45) is 8.90. The summed E-state index contributed by atoms with van der Waals surface area (Å²) in [5.74, 6) is 0.0745. The average Bonchev–Trinajstić information content (AvgIpc) is 4.09. The summed E-state index contributed by atoms with van der Waals surface area (Å²) in [4.78, 5) is 53.8. The van der Waals surface area contributed by atoms with Crippen LogP contribution in [0, 0.1) is 23.2 Å². The van der Waals surface area contributed by atoms with Crippen molar-refractivity contribution in [1.29, 1.82) is 0 Å². The molecule has 11 atom stereocenters. The van der Waals surface area contributed by atoms with E-state index in [0.29, 0.717) is 49.9 Å². The predicted molar refractivity (Wildman–Crippen MR) is 240 cm³/mol. The van der Waals surface area contributed by atoms with Crippen LogP contribution < -0.4 is 9.64 Å². The number of methoxy groups -OCH3 is 3. The van der Waals surface area contributed by atoms with Gasteiger partial charge in [0.2, 0.25) is 5.60 Å². The zero-order chi connectivity index (χ0) is 46.4. The van der Waals surface area contributed by atoms with Crippen molar-refractivity contribution >= 4 is 44.9 Å². The number of piperidine rings is 1. The molecule has 2 saturated carbocycles. The lowest BCUT2D eigenvalue weighted by molar-refractivity contribution is -0.228. The van der Waals surface area contributed by atoms with Gasteiger partial charge in [0.25, 0.3) is 0 Å². The van der Waals surface area contributed by atoms with E-state index in [0.717, 1.165) is 78.6 Å². The van der Waals surface area contributed by atoms with Gasteiger partial charge in [-0.05, 0) is 86.1 Å². The third kappa shape index (κ3) is 6.53. The van der Waals surface area contributed by atoms with Crippen LogP contribution in [0.5, 0.6) is 5.75 Å². The van der Waals surface area contributed by atoms with E-state index < -0.39 is 56.3 Å². The maximum atomic E-state index is 15.4. The second-order valence-electron chi connectivity index (χ2n) is 19.3. The number of rotatable bonds is 7. The maximum Gasteiger partial charge on any atom is 0.397 e. The van der Waals surface area contributed by atoms with Crippen molar-refractivity contribution in [2.45, 2.75) is 93.4 Å². The molecule has 2 bridgehead atoms. The number of fused-ring (bicyclic) bond motifs is 8. The summed E-state index contributed by atoms with van der Waals surface area (Å²) in [5, 5.41) is 14.5. The minimum atomic E-state index is -4.16. The van der Waals surface area contributed by atoms with E-state index >= 15 is 4.79 Å². The van der Waals surface area contributed by atoms with E-state index in [2.05, 4.69) is 55.4 Å². The molecule has 10 rings (SSSR count). The minimum absolute atomic E-state index is 0.223. The Morgan fingerprint density at radius 2 is 1.68 bits per heavy atom.